The van der Waals surface area contributed by atoms with Crippen LogP contribution in [0.5, 0.6) is 0 Å². The van der Waals surface area contributed by atoms with Crippen LogP contribution in [0.3, 0.4) is 0 Å². The molecule has 1 aromatic carbocycles. The van der Waals surface area contributed by atoms with Gasteiger partial charge in [-0.2, -0.15) is 0 Å². The van der Waals surface area contributed by atoms with Gasteiger partial charge < -0.3 is 0 Å². The summed E-state index contributed by atoms with van der Waals surface area (Å²) in [6.45, 7) is 8.92. The van der Waals surface area contributed by atoms with Gasteiger partial charge in [0.15, 0.2) is 0 Å². The summed E-state index contributed by atoms with van der Waals surface area (Å²) in [7, 11) is 0. The van der Waals surface area contributed by atoms with Crippen LogP contribution in [0, 0.1) is 19.8 Å². The van der Waals surface area contributed by atoms with Crippen LogP contribution in [-0.2, 0) is 6.42 Å². The van der Waals surface area contributed by atoms with E-state index in [0.717, 1.165) is 6.42 Å². The fourth-order valence-electron chi connectivity index (χ4n) is 2.91. The van der Waals surface area contributed by atoms with Gasteiger partial charge in [0, 0.05) is 6.04 Å². The lowest BCUT2D eigenvalue weighted by molar-refractivity contribution is 0.318. The highest BCUT2D eigenvalue weighted by atomic mass is 15.2. The number of aryl methyl sites for hydroxylation is 2. The molecule has 0 aliphatic heterocycles. The van der Waals surface area contributed by atoms with E-state index in [0.29, 0.717) is 12.0 Å². The van der Waals surface area contributed by atoms with Crippen molar-refractivity contribution in [2.45, 2.75) is 65.8 Å². The minimum absolute atomic E-state index is 0.386. The Kier molecular flexibility index (Phi) is 7.11. The summed E-state index contributed by atoms with van der Waals surface area (Å²) in [4.78, 5) is 0. The molecule has 2 nitrogen and oxygen atoms in total. The number of nitrogens with one attached hydrogen (secondary N) is 1. The molecule has 0 aliphatic rings. The van der Waals surface area contributed by atoms with Crippen LogP contribution in [0.25, 0.3) is 0 Å². The maximum absolute atomic E-state index is 5.82. The van der Waals surface area contributed by atoms with Crippen molar-refractivity contribution >= 4 is 0 Å². The van der Waals surface area contributed by atoms with Crippen molar-refractivity contribution in [2.24, 2.45) is 11.8 Å². The summed E-state index contributed by atoms with van der Waals surface area (Å²) in [6.07, 6.45) is 6.06. The second kappa shape index (κ2) is 8.34. The van der Waals surface area contributed by atoms with Crippen LogP contribution in [0.4, 0.5) is 0 Å². The standard InChI is InChI=1S/C17H30N2/c1-5-7-11-15(6-2)17(19-18)12-16-13(3)9-8-10-14(16)4/h8-10,15,17,19H,5-7,11-12,18H2,1-4H3. The van der Waals surface area contributed by atoms with Crippen molar-refractivity contribution < 1.29 is 0 Å². The zero-order chi connectivity index (χ0) is 14.3. The average Bonchev–Trinajstić information content (AvgIpc) is 2.41. The molecule has 2 heteroatoms. The normalized spacial score (nSPS) is 14.4. The Morgan fingerprint density at radius 3 is 2.26 bits per heavy atom. The molecule has 1 rings (SSSR count). The largest absolute Gasteiger partial charge is 0.271 e. The summed E-state index contributed by atoms with van der Waals surface area (Å²) in [5.41, 5.74) is 7.28. The van der Waals surface area contributed by atoms with Gasteiger partial charge in [-0.25, -0.2) is 0 Å². The summed E-state index contributed by atoms with van der Waals surface area (Å²) in [5.74, 6) is 6.49. The van der Waals surface area contributed by atoms with Gasteiger partial charge in [-0.1, -0.05) is 51.3 Å². The van der Waals surface area contributed by atoms with Crippen LogP contribution in [0.15, 0.2) is 18.2 Å². The van der Waals surface area contributed by atoms with Gasteiger partial charge in [-0.05, 0) is 49.3 Å². The molecule has 0 aromatic heterocycles. The number of hydrazine groups is 1. The Bertz CT molecular complexity index is 353. The molecule has 0 amide bonds. The van der Waals surface area contributed by atoms with Crippen LogP contribution in [0.1, 0.15) is 56.2 Å². The van der Waals surface area contributed by atoms with Crippen molar-refractivity contribution in [2.75, 3.05) is 0 Å². The topological polar surface area (TPSA) is 38.0 Å². The highest BCUT2D eigenvalue weighted by Gasteiger charge is 2.20. The van der Waals surface area contributed by atoms with Gasteiger partial charge >= 0.3 is 0 Å². The van der Waals surface area contributed by atoms with E-state index in [9.17, 15) is 0 Å². The Labute approximate surface area is 118 Å². The van der Waals surface area contributed by atoms with Crippen molar-refractivity contribution in [1.29, 1.82) is 0 Å². The molecule has 0 saturated carbocycles. The van der Waals surface area contributed by atoms with E-state index in [1.165, 1.54) is 42.4 Å². The van der Waals surface area contributed by atoms with Crippen molar-refractivity contribution in [3.05, 3.63) is 34.9 Å². The first-order chi connectivity index (χ1) is 9.13. The zero-order valence-electron chi connectivity index (χ0n) is 13.0. The van der Waals surface area contributed by atoms with E-state index in [-0.39, 0.29) is 0 Å². The van der Waals surface area contributed by atoms with Gasteiger partial charge in [0.2, 0.25) is 0 Å². The first-order valence-corrected chi connectivity index (χ1v) is 7.65. The molecule has 2 unspecified atom stereocenters. The van der Waals surface area contributed by atoms with Crippen LogP contribution in [0.2, 0.25) is 0 Å². The monoisotopic (exact) mass is 262 g/mol. The highest BCUT2D eigenvalue weighted by Crippen LogP contribution is 2.22. The fourth-order valence-corrected chi connectivity index (χ4v) is 2.91. The Morgan fingerprint density at radius 2 is 1.79 bits per heavy atom. The number of hydrogen-bond acceptors (Lipinski definition) is 2. The molecular formula is C17H30N2. The third-order valence-electron chi connectivity index (χ3n) is 4.30. The lowest BCUT2D eigenvalue weighted by Crippen LogP contribution is -2.42. The molecule has 0 fully saturated rings. The number of hydrogen-bond donors (Lipinski definition) is 2. The van der Waals surface area contributed by atoms with E-state index in [2.05, 4.69) is 51.3 Å². The van der Waals surface area contributed by atoms with Crippen molar-refractivity contribution in [3.8, 4) is 0 Å². The average molecular weight is 262 g/mol. The first-order valence-electron chi connectivity index (χ1n) is 7.65. The smallest absolute Gasteiger partial charge is 0.0279 e. The Morgan fingerprint density at radius 1 is 1.16 bits per heavy atom. The SMILES string of the molecule is CCCCC(CC)C(Cc1c(C)cccc1C)NN. The van der Waals surface area contributed by atoms with Crippen LogP contribution < -0.4 is 11.3 Å². The fraction of sp³-hybridized carbons (Fsp3) is 0.647. The predicted molar refractivity (Wildman–Crippen MR) is 84.0 cm³/mol. The number of nitrogens with two attached hydrogens (primary N) is 1. The maximum Gasteiger partial charge on any atom is 0.0279 e. The Balaban J connectivity index is 2.80. The predicted octanol–water partition coefficient (Wildman–Crippen LogP) is 3.89. The molecule has 2 atom stereocenters. The molecule has 0 radical (unpaired) electrons. The lowest BCUT2D eigenvalue weighted by atomic mass is 9.85. The molecule has 108 valence electrons. The van der Waals surface area contributed by atoms with Gasteiger partial charge in [0.25, 0.3) is 0 Å². The van der Waals surface area contributed by atoms with Crippen molar-refractivity contribution in [3.63, 3.8) is 0 Å². The van der Waals surface area contributed by atoms with E-state index >= 15 is 0 Å². The van der Waals surface area contributed by atoms with E-state index < -0.39 is 0 Å². The quantitative estimate of drug-likeness (QED) is 0.551. The van der Waals surface area contributed by atoms with Crippen LogP contribution >= 0.6 is 0 Å². The molecule has 0 heterocycles. The molecular weight excluding hydrogens is 232 g/mol. The van der Waals surface area contributed by atoms with Gasteiger partial charge in [-0.15, -0.1) is 0 Å². The molecule has 0 aliphatic carbocycles. The zero-order valence-corrected chi connectivity index (χ0v) is 13.0. The summed E-state index contributed by atoms with van der Waals surface area (Å²) in [6, 6.07) is 6.91. The van der Waals surface area contributed by atoms with Gasteiger partial charge in [0.1, 0.15) is 0 Å². The number of benzene rings is 1. The van der Waals surface area contributed by atoms with Gasteiger partial charge in [0.05, 0.1) is 0 Å². The minimum atomic E-state index is 0.386. The lowest BCUT2D eigenvalue weighted by Gasteiger charge is -2.27. The highest BCUT2D eigenvalue weighted by molar-refractivity contribution is 5.34. The molecule has 0 spiro atoms. The second-order valence-electron chi connectivity index (χ2n) is 5.66. The second-order valence-corrected chi connectivity index (χ2v) is 5.66. The van der Waals surface area contributed by atoms with Crippen molar-refractivity contribution in [1.82, 2.24) is 5.43 Å². The van der Waals surface area contributed by atoms with Gasteiger partial charge in [-0.3, -0.25) is 11.3 Å². The van der Waals surface area contributed by atoms with E-state index in [1.54, 1.807) is 0 Å². The van der Waals surface area contributed by atoms with E-state index in [4.69, 9.17) is 5.84 Å². The number of unbranched alkanes of at least 4 members (excludes halogenated alkanes) is 1. The summed E-state index contributed by atoms with van der Waals surface area (Å²) in [5, 5.41) is 0. The summed E-state index contributed by atoms with van der Waals surface area (Å²) < 4.78 is 0. The molecule has 1 aromatic rings. The minimum Gasteiger partial charge on any atom is -0.271 e. The molecule has 19 heavy (non-hydrogen) atoms. The molecule has 0 saturated heterocycles. The molecule has 0 bridgehead atoms. The summed E-state index contributed by atoms with van der Waals surface area (Å²) >= 11 is 0. The third kappa shape index (κ3) is 4.63. The maximum atomic E-state index is 5.82. The van der Waals surface area contributed by atoms with E-state index in [1.807, 2.05) is 0 Å². The third-order valence-corrected chi connectivity index (χ3v) is 4.30. The van der Waals surface area contributed by atoms with Crippen LogP contribution in [-0.4, -0.2) is 6.04 Å². The number of rotatable bonds is 8. The molecule has 3 N–H and O–H groups in total. The Hall–Kier alpha value is -0.860. The first kappa shape index (κ1) is 16.2.